The van der Waals surface area contributed by atoms with Gasteiger partial charge in [0.1, 0.15) is 12.1 Å². The van der Waals surface area contributed by atoms with Crippen LogP contribution in [-0.2, 0) is 14.4 Å². The lowest BCUT2D eigenvalue weighted by Crippen LogP contribution is -2.55. The third kappa shape index (κ3) is 7.55. The maximum atomic E-state index is 12.4. The minimum Gasteiger partial charge on any atom is -0.480 e. The largest absolute Gasteiger partial charge is 0.480 e. The van der Waals surface area contributed by atoms with Crippen LogP contribution in [0.4, 0.5) is 4.79 Å². The van der Waals surface area contributed by atoms with Crippen molar-refractivity contribution >= 4 is 39.7 Å². The number of carboxylic acid groups (broad SMARTS) is 1. The molecule has 154 valence electrons. The highest BCUT2D eigenvalue weighted by molar-refractivity contribution is 9.10. The molecule has 0 aliphatic rings. The van der Waals surface area contributed by atoms with Gasteiger partial charge in [-0.25, -0.2) is 9.59 Å². The molecule has 0 saturated heterocycles. The van der Waals surface area contributed by atoms with E-state index >= 15 is 0 Å². The fourth-order valence-corrected chi connectivity index (χ4v) is 2.67. The molecule has 0 radical (unpaired) electrons. The van der Waals surface area contributed by atoms with E-state index in [1.165, 1.54) is 0 Å². The first kappa shape index (κ1) is 23.4. The second-order valence-electron chi connectivity index (χ2n) is 6.68. The third-order valence-corrected chi connectivity index (χ3v) is 4.50. The highest BCUT2D eigenvalue weighted by atomic mass is 79.9. The summed E-state index contributed by atoms with van der Waals surface area (Å²) in [7, 11) is 0. The lowest BCUT2D eigenvalue weighted by atomic mass is 10.0. The minimum atomic E-state index is -1.30. The molecule has 28 heavy (non-hydrogen) atoms. The number of amides is 4. The van der Waals surface area contributed by atoms with E-state index in [9.17, 15) is 24.3 Å². The summed E-state index contributed by atoms with van der Waals surface area (Å²) in [5, 5.41) is 16.6. The summed E-state index contributed by atoms with van der Waals surface area (Å²) in [5.74, 6) is -3.21. The Morgan fingerprint density at radius 1 is 1.04 bits per heavy atom. The second-order valence-corrected chi connectivity index (χ2v) is 7.60. The van der Waals surface area contributed by atoms with Crippen molar-refractivity contribution in [2.75, 3.05) is 0 Å². The summed E-state index contributed by atoms with van der Waals surface area (Å²) in [6.07, 6.45) is -0.462. The van der Waals surface area contributed by atoms with E-state index in [0.717, 1.165) is 10.0 Å². The smallest absolute Gasteiger partial charge is 0.326 e. The van der Waals surface area contributed by atoms with Crippen molar-refractivity contribution in [3.8, 4) is 0 Å². The van der Waals surface area contributed by atoms with Gasteiger partial charge < -0.3 is 26.8 Å². The first-order chi connectivity index (χ1) is 13.0. The number of nitrogens with two attached hydrogens (primary N) is 1. The van der Waals surface area contributed by atoms with Gasteiger partial charge in [0.05, 0.1) is 12.5 Å². The van der Waals surface area contributed by atoms with Gasteiger partial charge in [-0.05, 0) is 30.5 Å². The van der Waals surface area contributed by atoms with Crippen LogP contribution in [0.3, 0.4) is 0 Å². The molecule has 0 fully saturated rings. The van der Waals surface area contributed by atoms with Crippen molar-refractivity contribution in [3.63, 3.8) is 0 Å². The normalized spacial score (nSPS) is 13.9. The van der Waals surface area contributed by atoms with Crippen LogP contribution in [-0.4, -0.2) is 41.0 Å². The molecule has 6 N–H and O–H groups in total. The number of hydrogen-bond acceptors (Lipinski definition) is 4. The number of nitrogens with one attached hydrogen (secondary N) is 3. The van der Waals surface area contributed by atoms with Crippen molar-refractivity contribution in [1.29, 1.82) is 0 Å². The van der Waals surface area contributed by atoms with Crippen LogP contribution in [0.25, 0.3) is 0 Å². The van der Waals surface area contributed by atoms with Gasteiger partial charge in [-0.3, -0.25) is 9.59 Å². The Bertz CT molecular complexity index is 723. The molecule has 1 rings (SSSR count). The molecule has 0 aromatic heterocycles. The van der Waals surface area contributed by atoms with Crippen LogP contribution in [0.2, 0.25) is 0 Å². The topological polar surface area (TPSA) is 151 Å². The third-order valence-electron chi connectivity index (χ3n) is 3.98. The zero-order chi connectivity index (χ0) is 21.4. The summed E-state index contributed by atoms with van der Waals surface area (Å²) < 4.78 is 0.893. The highest BCUT2D eigenvalue weighted by Crippen LogP contribution is 2.16. The predicted octanol–water partition coefficient (Wildman–Crippen LogP) is 1.28. The van der Waals surface area contributed by atoms with Gasteiger partial charge in [0.2, 0.25) is 11.8 Å². The van der Waals surface area contributed by atoms with Gasteiger partial charge in [0.15, 0.2) is 0 Å². The molecule has 1 aromatic carbocycles. The molecule has 0 bridgehead atoms. The molecule has 0 unspecified atom stereocenters. The fourth-order valence-electron chi connectivity index (χ4n) is 2.41. The number of carbonyl (C=O) groups is 4. The quantitative estimate of drug-likeness (QED) is 0.379. The van der Waals surface area contributed by atoms with Crippen molar-refractivity contribution in [2.24, 2.45) is 11.7 Å². The minimum absolute atomic E-state index is 0.368. The van der Waals surface area contributed by atoms with E-state index in [1.54, 1.807) is 20.8 Å². The summed E-state index contributed by atoms with van der Waals surface area (Å²) in [6, 6.07) is 3.79. The molecular formula is C18H25BrN4O5. The van der Waals surface area contributed by atoms with Crippen LogP contribution in [0.15, 0.2) is 28.7 Å². The van der Waals surface area contributed by atoms with Crippen molar-refractivity contribution in [2.45, 2.75) is 45.3 Å². The molecule has 0 aliphatic carbocycles. The first-order valence-corrected chi connectivity index (χ1v) is 9.44. The Hall–Kier alpha value is -2.62. The molecule has 3 atom stereocenters. The zero-order valence-corrected chi connectivity index (χ0v) is 17.4. The molecule has 9 nitrogen and oxygen atoms in total. The van der Waals surface area contributed by atoms with Crippen LogP contribution in [0.5, 0.6) is 0 Å². The number of urea groups is 1. The van der Waals surface area contributed by atoms with E-state index < -0.39 is 42.3 Å². The lowest BCUT2D eigenvalue weighted by Gasteiger charge is -2.23. The van der Waals surface area contributed by atoms with Gasteiger partial charge >= 0.3 is 12.0 Å². The van der Waals surface area contributed by atoms with Gasteiger partial charge in [0, 0.05) is 4.47 Å². The number of carbonyl (C=O) groups excluding carboxylic acids is 3. The Kier molecular flexibility index (Phi) is 8.90. The fraction of sp³-hybridized carbons (Fsp3) is 0.444. The summed E-state index contributed by atoms with van der Waals surface area (Å²) in [4.78, 5) is 47.2. The predicted molar refractivity (Wildman–Crippen MR) is 106 cm³/mol. The number of primary amides is 1. The molecule has 10 heteroatoms. The van der Waals surface area contributed by atoms with Crippen LogP contribution in [0.1, 0.15) is 38.8 Å². The van der Waals surface area contributed by atoms with Gasteiger partial charge in [-0.2, -0.15) is 0 Å². The highest BCUT2D eigenvalue weighted by Gasteiger charge is 2.29. The van der Waals surface area contributed by atoms with Gasteiger partial charge in [-0.15, -0.1) is 0 Å². The molecule has 0 spiro atoms. The van der Waals surface area contributed by atoms with Crippen molar-refractivity contribution in [3.05, 3.63) is 34.3 Å². The summed E-state index contributed by atoms with van der Waals surface area (Å²) >= 11 is 3.33. The summed E-state index contributed by atoms with van der Waals surface area (Å²) in [6.45, 7) is 5.01. The first-order valence-electron chi connectivity index (χ1n) is 8.65. The molecule has 1 aromatic rings. The number of rotatable bonds is 9. The number of aliphatic carboxylic acids is 1. The Balaban J connectivity index is 2.79. The van der Waals surface area contributed by atoms with E-state index in [2.05, 4.69) is 31.9 Å². The van der Waals surface area contributed by atoms with Gasteiger partial charge in [0.25, 0.3) is 0 Å². The second kappa shape index (κ2) is 10.6. The Morgan fingerprint density at radius 2 is 1.61 bits per heavy atom. The van der Waals surface area contributed by atoms with Crippen LogP contribution >= 0.6 is 15.9 Å². The molecule has 0 aliphatic heterocycles. The monoisotopic (exact) mass is 456 g/mol. The van der Waals surface area contributed by atoms with Crippen molar-refractivity contribution < 1.29 is 24.3 Å². The SMILES string of the molecule is CC(C)[C@H](NC(=O)[C@H](CC(N)=O)NC(=O)N[C@H](C)c1ccc(Br)cc1)C(=O)O. The van der Waals surface area contributed by atoms with Crippen molar-refractivity contribution in [1.82, 2.24) is 16.0 Å². The maximum Gasteiger partial charge on any atom is 0.326 e. The standard InChI is InChI=1S/C18H25BrN4O5/c1-9(2)15(17(26)27)23-16(25)13(8-14(20)24)22-18(28)21-10(3)11-4-6-12(19)7-5-11/h4-7,9-10,13,15H,8H2,1-3H3,(H2,20,24)(H,23,25)(H,26,27)(H2,21,22,28)/t10-,13+,15+/m1/s1. The molecular weight excluding hydrogens is 432 g/mol. The number of halogens is 1. The molecule has 0 saturated carbocycles. The van der Waals surface area contributed by atoms with E-state index in [-0.39, 0.29) is 12.0 Å². The zero-order valence-electron chi connectivity index (χ0n) is 15.9. The molecule has 4 amide bonds. The number of benzene rings is 1. The van der Waals surface area contributed by atoms with Gasteiger partial charge in [-0.1, -0.05) is 41.9 Å². The Labute approximate surface area is 171 Å². The lowest BCUT2D eigenvalue weighted by molar-refractivity contribution is -0.143. The maximum absolute atomic E-state index is 12.4. The number of hydrogen-bond donors (Lipinski definition) is 5. The van der Waals surface area contributed by atoms with Crippen LogP contribution < -0.4 is 21.7 Å². The van der Waals surface area contributed by atoms with E-state index in [0.29, 0.717) is 0 Å². The number of carboxylic acids is 1. The van der Waals surface area contributed by atoms with E-state index in [1.807, 2.05) is 24.3 Å². The van der Waals surface area contributed by atoms with E-state index in [4.69, 9.17) is 5.73 Å². The summed E-state index contributed by atoms with van der Waals surface area (Å²) in [5.41, 5.74) is 5.99. The average Bonchev–Trinajstić information content (AvgIpc) is 2.58. The van der Waals surface area contributed by atoms with Crippen LogP contribution in [0, 0.1) is 5.92 Å². The average molecular weight is 457 g/mol. The Morgan fingerprint density at radius 3 is 2.07 bits per heavy atom. The molecule has 0 heterocycles.